The third-order valence-corrected chi connectivity index (χ3v) is 8.31. The summed E-state index contributed by atoms with van der Waals surface area (Å²) in [5.41, 5.74) is 5.28. The van der Waals surface area contributed by atoms with Gasteiger partial charge in [0.2, 0.25) is 18.6 Å². The van der Waals surface area contributed by atoms with Crippen molar-refractivity contribution >= 4 is 28.6 Å². The van der Waals surface area contributed by atoms with Gasteiger partial charge in [-0.15, -0.1) is 0 Å². The summed E-state index contributed by atoms with van der Waals surface area (Å²) >= 11 is 0. The summed E-state index contributed by atoms with van der Waals surface area (Å²) in [7, 11) is 0. The fourth-order valence-corrected chi connectivity index (χ4v) is 6.27. The SMILES string of the molecule is CC(C)[C@H](NC(=O)[C@@H]1Cc2c([nH]c3ccccc23)[C@@H]2c3ccccc3C(=O)N21)C(=O)NCc1ccc2c(c1)OCO2. The van der Waals surface area contributed by atoms with Crippen LogP contribution in [0.3, 0.4) is 0 Å². The molecule has 0 fully saturated rings. The molecule has 208 valence electrons. The topological polar surface area (TPSA) is 113 Å². The van der Waals surface area contributed by atoms with Crippen molar-refractivity contribution in [2.75, 3.05) is 6.79 Å². The number of amides is 3. The third kappa shape index (κ3) is 4.11. The molecule has 3 N–H and O–H groups in total. The number of carbonyl (C=O) groups is 3. The van der Waals surface area contributed by atoms with Crippen molar-refractivity contribution in [3.63, 3.8) is 0 Å². The van der Waals surface area contributed by atoms with E-state index in [0.29, 0.717) is 23.5 Å². The van der Waals surface area contributed by atoms with Gasteiger partial charge in [0.1, 0.15) is 12.1 Å². The average Bonchev–Trinajstić information content (AvgIpc) is 3.68. The Kier molecular flexibility index (Phi) is 5.96. The molecule has 0 saturated heterocycles. The second-order valence-corrected chi connectivity index (χ2v) is 11.1. The summed E-state index contributed by atoms with van der Waals surface area (Å²) < 4.78 is 10.8. The van der Waals surface area contributed by atoms with Crippen molar-refractivity contribution in [2.45, 2.75) is 44.9 Å². The molecule has 0 bridgehead atoms. The Morgan fingerprint density at radius 1 is 1.02 bits per heavy atom. The average molecular weight is 551 g/mol. The van der Waals surface area contributed by atoms with Crippen molar-refractivity contribution in [3.05, 3.63) is 94.7 Å². The van der Waals surface area contributed by atoms with Crippen LogP contribution in [0, 0.1) is 5.92 Å². The van der Waals surface area contributed by atoms with E-state index in [4.69, 9.17) is 9.47 Å². The van der Waals surface area contributed by atoms with Crippen molar-refractivity contribution in [1.82, 2.24) is 20.5 Å². The van der Waals surface area contributed by atoms with Gasteiger partial charge >= 0.3 is 0 Å². The number of hydrogen-bond donors (Lipinski definition) is 3. The van der Waals surface area contributed by atoms with Crippen LogP contribution >= 0.6 is 0 Å². The molecule has 9 nitrogen and oxygen atoms in total. The Morgan fingerprint density at radius 3 is 2.66 bits per heavy atom. The van der Waals surface area contributed by atoms with E-state index in [1.807, 2.05) is 80.6 Å². The molecule has 4 aromatic rings. The monoisotopic (exact) mass is 550 g/mol. The van der Waals surface area contributed by atoms with Gasteiger partial charge in [0.25, 0.3) is 5.91 Å². The minimum atomic E-state index is -0.778. The molecular formula is C32H30N4O5. The van der Waals surface area contributed by atoms with E-state index in [1.54, 1.807) is 4.90 Å². The minimum Gasteiger partial charge on any atom is -0.454 e. The molecule has 4 heterocycles. The van der Waals surface area contributed by atoms with Crippen LogP contribution in [-0.2, 0) is 22.6 Å². The lowest BCUT2D eigenvalue weighted by molar-refractivity contribution is -0.133. The molecule has 9 heteroatoms. The largest absolute Gasteiger partial charge is 0.454 e. The lowest BCUT2D eigenvalue weighted by Gasteiger charge is -2.38. The second kappa shape index (κ2) is 9.69. The van der Waals surface area contributed by atoms with Crippen LogP contribution in [-0.4, -0.2) is 46.5 Å². The molecule has 3 aromatic carbocycles. The van der Waals surface area contributed by atoms with Crippen LogP contribution in [0.5, 0.6) is 11.5 Å². The lowest BCUT2D eigenvalue weighted by atomic mass is 9.89. The van der Waals surface area contributed by atoms with Crippen LogP contribution in [0.25, 0.3) is 10.9 Å². The molecule has 0 unspecified atom stereocenters. The number of hydrogen-bond acceptors (Lipinski definition) is 5. The fourth-order valence-electron chi connectivity index (χ4n) is 6.27. The predicted molar refractivity (Wildman–Crippen MR) is 151 cm³/mol. The Balaban J connectivity index is 1.16. The molecule has 3 amide bonds. The van der Waals surface area contributed by atoms with Gasteiger partial charge < -0.3 is 30.0 Å². The number of nitrogens with one attached hydrogen (secondary N) is 3. The molecule has 0 radical (unpaired) electrons. The molecule has 7 rings (SSSR count). The number of aromatic amines is 1. The Labute approximate surface area is 236 Å². The summed E-state index contributed by atoms with van der Waals surface area (Å²) in [6, 6.07) is 19.1. The van der Waals surface area contributed by atoms with E-state index in [0.717, 1.165) is 33.3 Å². The van der Waals surface area contributed by atoms with Gasteiger partial charge in [-0.05, 0) is 46.9 Å². The molecule has 3 aliphatic rings. The summed E-state index contributed by atoms with van der Waals surface area (Å²) in [6.45, 7) is 4.24. The standard InChI is InChI=1S/C32H30N4O5/c1-17(2)27(31(38)33-15-18-11-12-25-26(13-18)41-16-40-25)35-30(37)24-14-22-19-7-5-6-10-23(19)34-28(22)29-20-8-3-4-9-21(20)32(39)36(24)29/h3-13,17,24,27,29,34H,14-16H2,1-2H3,(H,33,38)(H,35,37)/t24-,27-,29-/m0/s1. The van der Waals surface area contributed by atoms with Crippen LogP contribution in [0.1, 0.15) is 52.6 Å². The van der Waals surface area contributed by atoms with Gasteiger partial charge in [0.15, 0.2) is 11.5 Å². The summed E-state index contributed by atoms with van der Waals surface area (Å²) in [5.74, 6) is 0.334. The van der Waals surface area contributed by atoms with Crippen molar-refractivity contribution in [1.29, 1.82) is 0 Å². The van der Waals surface area contributed by atoms with Gasteiger partial charge in [0, 0.05) is 35.1 Å². The Hall–Kier alpha value is -4.79. The maximum Gasteiger partial charge on any atom is 0.255 e. The fraction of sp³-hybridized carbons (Fsp3) is 0.281. The summed E-state index contributed by atoms with van der Waals surface area (Å²) in [4.78, 5) is 46.3. The van der Waals surface area contributed by atoms with Gasteiger partial charge in [-0.1, -0.05) is 56.3 Å². The van der Waals surface area contributed by atoms with Gasteiger partial charge in [-0.2, -0.15) is 0 Å². The van der Waals surface area contributed by atoms with Crippen molar-refractivity contribution in [3.8, 4) is 11.5 Å². The Morgan fingerprint density at radius 2 is 1.80 bits per heavy atom. The van der Waals surface area contributed by atoms with Gasteiger partial charge in [-0.25, -0.2) is 0 Å². The first-order chi connectivity index (χ1) is 19.9. The highest BCUT2D eigenvalue weighted by atomic mass is 16.7. The number of para-hydroxylation sites is 1. The molecule has 0 spiro atoms. The normalized spacial score (nSPS) is 19.1. The molecule has 0 saturated carbocycles. The quantitative estimate of drug-likeness (QED) is 0.338. The predicted octanol–water partition coefficient (Wildman–Crippen LogP) is 3.82. The number of carbonyl (C=O) groups excluding carboxylic acids is 3. The van der Waals surface area contributed by atoms with Crippen LogP contribution in [0.4, 0.5) is 0 Å². The molecule has 0 aliphatic carbocycles. The Bertz CT molecular complexity index is 1710. The molecule has 41 heavy (non-hydrogen) atoms. The van der Waals surface area contributed by atoms with Gasteiger partial charge in [0.05, 0.1) is 6.04 Å². The summed E-state index contributed by atoms with van der Waals surface area (Å²) in [5, 5.41) is 6.98. The number of fused-ring (bicyclic) bond motifs is 8. The first kappa shape index (κ1) is 25.2. The molecule has 3 atom stereocenters. The summed E-state index contributed by atoms with van der Waals surface area (Å²) in [6.07, 6.45) is 0.352. The molecule has 3 aliphatic heterocycles. The molecular weight excluding hydrogens is 520 g/mol. The smallest absolute Gasteiger partial charge is 0.255 e. The van der Waals surface area contributed by atoms with Crippen molar-refractivity contribution < 1.29 is 23.9 Å². The van der Waals surface area contributed by atoms with Crippen LogP contribution in [0.15, 0.2) is 66.7 Å². The second-order valence-electron chi connectivity index (χ2n) is 11.1. The van der Waals surface area contributed by atoms with Gasteiger partial charge in [-0.3, -0.25) is 14.4 Å². The number of nitrogens with zero attached hydrogens (tertiary/aromatic N) is 1. The zero-order valence-corrected chi connectivity index (χ0v) is 22.8. The number of ether oxygens (including phenoxy) is 2. The van der Waals surface area contributed by atoms with Crippen molar-refractivity contribution in [2.24, 2.45) is 5.92 Å². The number of benzene rings is 3. The van der Waals surface area contributed by atoms with E-state index in [1.165, 1.54) is 0 Å². The van der Waals surface area contributed by atoms with E-state index in [9.17, 15) is 14.4 Å². The first-order valence-corrected chi connectivity index (χ1v) is 13.9. The van der Waals surface area contributed by atoms with E-state index < -0.39 is 18.1 Å². The number of rotatable bonds is 6. The van der Waals surface area contributed by atoms with E-state index >= 15 is 0 Å². The van der Waals surface area contributed by atoms with E-state index in [2.05, 4.69) is 15.6 Å². The van der Waals surface area contributed by atoms with Crippen LogP contribution in [0.2, 0.25) is 0 Å². The third-order valence-electron chi connectivity index (χ3n) is 8.31. The minimum absolute atomic E-state index is 0.176. The highest BCUT2D eigenvalue weighted by Gasteiger charge is 2.49. The number of H-pyrrole nitrogens is 1. The number of aromatic nitrogens is 1. The lowest BCUT2D eigenvalue weighted by Crippen LogP contribution is -2.57. The molecule has 1 aromatic heterocycles. The van der Waals surface area contributed by atoms with Crippen LogP contribution < -0.4 is 20.1 Å². The maximum absolute atomic E-state index is 14.0. The zero-order valence-electron chi connectivity index (χ0n) is 22.8. The highest BCUT2D eigenvalue weighted by Crippen LogP contribution is 2.46. The van der Waals surface area contributed by atoms with E-state index in [-0.39, 0.29) is 37.0 Å². The highest BCUT2D eigenvalue weighted by molar-refractivity contribution is 6.04. The zero-order chi connectivity index (χ0) is 28.2. The maximum atomic E-state index is 14.0. The first-order valence-electron chi connectivity index (χ1n) is 13.9.